The van der Waals surface area contributed by atoms with Gasteiger partial charge < -0.3 is 15.9 Å². The van der Waals surface area contributed by atoms with Gasteiger partial charge in [-0.15, -0.1) is 10.2 Å². The zero-order chi connectivity index (χ0) is 15.7. The van der Waals surface area contributed by atoms with Crippen molar-refractivity contribution in [3.63, 3.8) is 0 Å². The van der Waals surface area contributed by atoms with Crippen LogP contribution in [0.2, 0.25) is 0 Å². The lowest BCUT2D eigenvalue weighted by Gasteiger charge is -2.07. The number of benzene rings is 3. The highest BCUT2D eigenvalue weighted by atomic mass is 16.3. The van der Waals surface area contributed by atoms with Gasteiger partial charge in [-0.2, -0.15) is 0 Å². The van der Waals surface area contributed by atoms with Crippen molar-refractivity contribution in [3.05, 3.63) is 54.1 Å². The molecule has 5 heteroatoms. The van der Waals surface area contributed by atoms with Gasteiger partial charge in [-0.05, 0) is 42.1 Å². The van der Waals surface area contributed by atoms with E-state index in [1.807, 2.05) is 25.1 Å². The number of fused-ring (bicyclic) bond motifs is 1. The number of anilines is 1. The van der Waals surface area contributed by atoms with Crippen LogP contribution in [-0.2, 0) is 0 Å². The maximum Gasteiger partial charge on any atom is 0.143 e. The summed E-state index contributed by atoms with van der Waals surface area (Å²) in [6, 6.07) is 13.9. The van der Waals surface area contributed by atoms with Crippen LogP contribution >= 0.6 is 0 Å². The molecular formula is C17H15N3O2. The first kappa shape index (κ1) is 13.9. The van der Waals surface area contributed by atoms with E-state index in [0.717, 1.165) is 10.9 Å². The van der Waals surface area contributed by atoms with Crippen LogP contribution in [0.3, 0.4) is 0 Å². The lowest BCUT2D eigenvalue weighted by Crippen LogP contribution is -1.86. The van der Waals surface area contributed by atoms with Gasteiger partial charge >= 0.3 is 0 Å². The Labute approximate surface area is 127 Å². The summed E-state index contributed by atoms with van der Waals surface area (Å²) in [5.41, 5.74) is 8.03. The van der Waals surface area contributed by atoms with Crippen molar-refractivity contribution < 1.29 is 10.2 Å². The fraction of sp³-hybridized carbons (Fsp3) is 0.0588. The number of phenolic OH excluding ortho intramolecular Hbond substituents is 2. The second-order valence-electron chi connectivity index (χ2n) is 5.07. The topological polar surface area (TPSA) is 91.2 Å². The first-order chi connectivity index (χ1) is 10.6. The molecule has 0 amide bonds. The number of nitrogens with two attached hydrogens (primary N) is 1. The SMILES string of the molecule is Cc1ccc(N=Nc2c(O)ccc3cccc(N)c23)c(O)c1. The quantitative estimate of drug-likeness (QED) is 0.478. The average Bonchev–Trinajstić information content (AvgIpc) is 2.48. The minimum absolute atomic E-state index is 0.0132. The predicted molar refractivity (Wildman–Crippen MR) is 87.0 cm³/mol. The van der Waals surface area contributed by atoms with Crippen LogP contribution in [0.1, 0.15) is 5.56 Å². The van der Waals surface area contributed by atoms with Gasteiger partial charge in [0, 0.05) is 11.1 Å². The maximum absolute atomic E-state index is 10.1. The molecule has 0 aliphatic carbocycles. The Morgan fingerprint density at radius 3 is 2.50 bits per heavy atom. The Kier molecular flexibility index (Phi) is 3.39. The van der Waals surface area contributed by atoms with Crippen molar-refractivity contribution >= 4 is 27.8 Å². The lowest BCUT2D eigenvalue weighted by molar-refractivity contribution is 0.474. The molecule has 110 valence electrons. The summed E-state index contributed by atoms with van der Waals surface area (Å²) in [7, 11) is 0. The molecule has 0 radical (unpaired) electrons. The molecule has 0 atom stereocenters. The molecule has 0 saturated carbocycles. The molecule has 3 aromatic rings. The van der Waals surface area contributed by atoms with E-state index in [1.165, 1.54) is 0 Å². The largest absolute Gasteiger partial charge is 0.506 e. The number of nitrogens with zero attached hydrogens (tertiary/aromatic N) is 2. The van der Waals surface area contributed by atoms with Crippen molar-refractivity contribution in [2.45, 2.75) is 6.92 Å². The third-order valence-corrected chi connectivity index (χ3v) is 3.42. The molecule has 0 bridgehead atoms. The van der Waals surface area contributed by atoms with Gasteiger partial charge in [-0.3, -0.25) is 0 Å². The minimum Gasteiger partial charge on any atom is -0.506 e. The molecule has 0 aromatic heterocycles. The molecule has 3 aromatic carbocycles. The standard InChI is InChI=1S/C17H15N3O2/c1-10-5-7-13(15(22)9-10)19-20-17-14(21)8-6-11-3-2-4-12(18)16(11)17/h2-9,21-22H,18H2,1H3. The normalized spacial score (nSPS) is 11.3. The zero-order valence-electron chi connectivity index (χ0n) is 12.0. The van der Waals surface area contributed by atoms with Crippen LogP contribution < -0.4 is 5.73 Å². The fourth-order valence-corrected chi connectivity index (χ4v) is 2.30. The molecule has 0 saturated heterocycles. The van der Waals surface area contributed by atoms with Crippen LogP contribution in [0, 0.1) is 6.92 Å². The maximum atomic E-state index is 10.1. The number of nitrogen functional groups attached to an aromatic ring is 1. The molecule has 3 rings (SSSR count). The van der Waals surface area contributed by atoms with Crippen molar-refractivity contribution in [2.75, 3.05) is 5.73 Å². The number of azo groups is 1. The van der Waals surface area contributed by atoms with E-state index in [0.29, 0.717) is 16.8 Å². The van der Waals surface area contributed by atoms with E-state index in [-0.39, 0.29) is 17.2 Å². The van der Waals surface area contributed by atoms with Crippen molar-refractivity contribution in [1.29, 1.82) is 0 Å². The predicted octanol–water partition coefficient (Wildman–Crippen LogP) is 4.56. The van der Waals surface area contributed by atoms with Gasteiger partial charge in [0.25, 0.3) is 0 Å². The summed E-state index contributed by atoms with van der Waals surface area (Å²) in [5, 5.41) is 29.5. The van der Waals surface area contributed by atoms with E-state index in [1.54, 1.807) is 30.3 Å². The summed E-state index contributed by atoms with van der Waals surface area (Å²) < 4.78 is 0. The van der Waals surface area contributed by atoms with E-state index < -0.39 is 0 Å². The lowest BCUT2D eigenvalue weighted by atomic mass is 10.1. The van der Waals surface area contributed by atoms with Gasteiger partial charge in [-0.25, -0.2) is 0 Å². The Hall–Kier alpha value is -3.08. The molecule has 0 fully saturated rings. The highest BCUT2D eigenvalue weighted by molar-refractivity contribution is 6.03. The summed E-state index contributed by atoms with van der Waals surface area (Å²) in [6.45, 7) is 1.87. The molecule has 0 aliphatic heterocycles. The van der Waals surface area contributed by atoms with Crippen molar-refractivity contribution in [3.8, 4) is 11.5 Å². The summed E-state index contributed by atoms with van der Waals surface area (Å²) in [6.07, 6.45) is 0. The Bertz CT molecular complexity index is 888. The number of rotatable bonds is 2. The molecular weight excluding hydrogens is 278 g/mol. The zero-order valence-corrected chi connectivity index (χ0v) is 12.0. The summed E-state index contributed by atoms with van der Waals surface area (Å²) in [5.74, 6) is 0.0252. The summed E-state index contributed by atoms with van der Waals surface area (Å²) >= 11 is 0. The molecule has 0 heterocycles. The summed E-state index contributed by atoms with van der Waals surface area (Å²) in [4.78, 5) is 0. The van der Waals surface area contributed by atoms with Gasteiger partial charge in [0.05, 0.1) is 0 Å². The highest BCUT2D eigenvalue weighted by Crippen LogP contribution is 2.39. The van der Waals surface area contributed by atoms with Gasteiger partial charge in [0.1, 0.15) is 22.9 Å². The Morgan fingerprint density at radius 1 is 0.909 bits per heavy atom. The van der Waals surface area contributed by atoms with E-state index in [9.17, 15) is 10.2 Å². The van der Waals surface area contributed by atoms with Crippen LogP contribution in [-0.4, -0.2) is 10.2 Å². The van der Waals surface area contributed by atoms with E-state index >= 15 is 0 Å². The monoisotopic (exact) mass is 293 g/mol. The van der Waals surface area contributed by atoms with Crippen LogP contribution in [0.15, 0.2) is 58.8 Å². The molecule has 4 N–H and O–H groups in total. The van der Waals surface area contributed by atoms with E-state index in [2.05, 4.69) is 10.2 Å². The first-order valence-corrected chi connectivity index (χ1v) is 6.78. The highest BCUT2D eigenvalue weighted by Gasteiger charge is 2.09. The fourth-order valence-electron chi connectivity index (χ4n) is 2.30. The van der Waals surface area contributed by atoms with Gasteiger partial charge in [-0.1, -0.05) is 24.3 Å². The van der Waals surface area contributed by atoms with Crippen LogP contribution in [0.25, 0.3) is 10.8 Å². The van der Waals surface area contributed by atoms with Gasteiger partial charge in [0.2, 0.25) is 0 Å². The molecule has 0 aliphatic rings. The molecule has 5 nitrogen and oxygen atoms in total. The third-order valence-electron chi connectivity index (χ3n) is 3.42. The number of hydrogen-bond acceptors (Lipinski definition) is 5. The Morgan fingerprint density at radius 2 is 1.73 bits per heavy atom. The second-order valence-corrected chi connectivity index (χ2v) is 5.07. The number of aryl methyl sites for hydroxylation is 1. The molecule has 22 heavy (non-hydrogen) atoms. The van der Waals surface area contributed by atoms with Crippen molar-refractivity contribution in [2.24, 2.45) is 10.2 Å². The number of phenols is 2. The van der Waals surface area contributed by atoms with Crippen molar-refractivity contribution in [1.82, 2.24) is 0 Å². The van der Waals surface area contributed by atoms with Gasteiger partial charge in [0.15, 0.2) is 0 Å². The molecule has 0 spiro atoms. The second kappa shape index (κ2) is 5.37. The average molecular weight is 293 g/mol. The van der Waals surface area contributed by atoms with E-state index in [4.69, 9.17) is 5.73 Å². The minimum atomic E-state index is -0.0132. The Balaban J connectivity index is 2.14. The van der Waals surface area contributed by atoms with Crippen LogP contribution in [0.5, 0.6) is 11.5 Å². The molecule has 0 unspecified atom stereocenters. The number of aromatic hydroxyl groups is 2. The third kappa shape index (κ3) is 2.44. The van der Waals surface area contributed by atoms with Crippen LogP contribution in [0.4, 0.5) is 17.1 Å². The number of hydrogen-bond donors (Lipinski definition) is 3. The smallest absolute Gasteiger partial charge is 0.143 e. The first-order valence-electron chi connectivity index (χ1n) is 6.78.